The first-order valence-electron chi connectivity index (χ1n) is 7.36. The van der Waals surface area contributed by atoms with E-state index >= 15 is 0 Å². The molecule has 0 saturated heterocycles. The number of rotatable bonds is 6. The van der Waals surface area contributed by atoms with Crippen molar-refractivity contribution >= 4 is 27.8 Å². The molecule has 1 heterocycles. The summed E-state index contributed by atoms with van der Waals surface area (Å²) >= 11 is 1.39. The van der Waals surface area contributed by atoms with Crippen LogP contribution in [0.1, 0.15) is 38.6 Å². The Kier molecular flexibility index (Phi) is 5.43. The molecular weight excluding hydrogens is 298 g/mol. The van der Waals surface area contributed by atoms with Gasteiger partial charge in [0.15, 0.2) is 0 Å². The molecule has 0 unspecified atom stereocenters. The van der Waals surface area contributed by atoms with Crippen molar-refractivity contribution in [3.8, 4) is 5.75 Å². The summed E-state index contributed by atoms with van der Waals surface area (Å²) in [6.45, 7) is 9.93. The molecule has 22 heavy (non-hydrogen) atoms. The van der Waals surface area contributed by atoms with Gasteiger partial charge in [-0.3, -0.25) is 0 Å². The topological polar surface area (TPSA) is 76.8 Å². The summed E-state index contributed by atoms with van der Waals surface area (Å²) in [5.74, 6) is 0.173. The van der Waals surface area contributed by atoms with Crippen LogP contribution in [0.5, 0.6) is 5.75 Å². The average molecular weight is 318 g/mol. The van der Waals surface area contributed by atoms with Crippen LogP contribution in [0.4, 0.5) is 16.5 Å². The highest BCUT2D eigenvalue weighted by Gasteiger charge is 2.07. The quantitative estimate of drug-likeness (QED) is 0.754. The van der Waals surface area contributed by atoms with E-state index in [0.29, 0.717) is 16.7 Å². The standard InChI is InChI=1S/C15H21N5OS/c1-5-20(6-2)11-7-8-12(13(21)9-11)16-18-15-19-17-14(22-15)10(3)4/h7-10,21H,5-6H2,1-4H3/p-1. The van der Waals surface area contributed by atoms with E-state index in [1.54, 1.807) is 12.1 Å². The van der Waals surface area contributed by atoms with E-state index in [2.05, 4.69) is 39.2 Å². The van der Waals surface area contributed by atoms with Crippen LogP contribution in [0.3, 0.4) is 0 Å². The summed E-state index contributed by atoms with van der Waals surface area (Å²) in [6, 6.07) is 5.19. The highest BCUT2D eigenvalue weighted by atomic mass is 32.1. The molecule has 0 aliphatic rings. The maximum Gasteiger partial charge on any atom is 0.251 e. The molecule has 2 aromatic rings. The minimum atomic E-state index is -0.137. The van der Waals surface area contributed by atoms with E-state index in [0.717, 1.165) is 23.8 Å². The molecule has 0 aliphatic carbocycles. The molecule has 0 radical (unpaired) electrons. The maximum absolute atomic E-state index is 12.1. The van der Waals surface area contributed by atoms with Gasteiger partial charge in [-0.05, 0) is 32.0 Å². The molecule has 1 aromatic heterocycles. The maximum atomic E-state index is 12.1. The highest BCUT2D eigenvalue weighted by molar-refractivity contribution is 7.15. The van der Waals surface area contributed by atoms with Gasteiger partial charge in [0.25, 0.3) is 5.13 Å². The summed E-state index contributed by atoms with van der Waals surface area (Å²) in [5.41, 5.74) is 1.23. The van der Waals surface area contributed by atoms with Crippen molar-refractivity contribution in [3.05, 3.63) is 23.2 Å². The predicted molar refractivity (Wildman–Crippen MR) is 87.6 cm³/mol. The number of hydrogen-bond acceptors (Lipinski definition) is 7. The van der Waals surface area contributed by atoms with E-state index in [1.165, 1.54) is 11.3 Å². The Balaban J connectivity index is 2.17. The Labute approximate surface area is 134 Å². The molecule has 0 amide bonds. The van der Waals surface area contributed by atoms with Gasteiger partial charge >= 0.3 is 0 Å². The molecule has 0 aliphatic heterocycles. The van der Waals surface area contributed by atoms with Gasteiger partial charge in [0.1, 0.15) is 5.01 Å². The fourth-order valence-corrected chi connectivity index (χ4v) is 2.64. The molecule has 118 valence electrons. The van der Waals surface area contributed by atoms with Crippen molar-refractivity contribution in [1.29, 1.82) is 0 Å². The van der Waals surface area contributed by atoms with Crippen molar-refractivity contribution in [2.75, 3.05) is 18.0 Å². The number of hydrogen-bond donors (Lipinski definition) is 0. The summed E-state index contributed by atoms with van der Waals surface area (Å²) in [6.07, 6.45) is 0. The first-order chi connectivity index (χ1) is 10.5. The van der Waals surface area contributed by atoms with Crippen molar-refractivity contribution < 1.29 is 5.11 Å². The molecule has 0 saturated carbocycles. The van der Waals surface area contributed by atoms with E-state index in [4.69, 9.17) is 0 Å². The lowest BCUT2D eigenvalue weighted by molar-refractivity contribution is -0.267. The van der Waals surface area contributed by atoms with Crippen LogP contribution in [-0.2, 0) is 0 Å². The lowest BCUT2D eigenvalue weighted by Gasteiger charge is -2.23. The van der Waals surface area contributed by atoms with Crippen molar-refractivity contribution in [2.45, 2.75) is 33.6 Å². The zero-order valence-corrected chi connectivity index (χ0v) is 14.1. The van der Waals surface area contributed by atoms with Gasteiger partial charge in [0.05, 0.1) is 5.69 Å². The number of aromatic nitrogens is 2. The highest BCUT2D eigenvalue weighted by Crippen LogP contribution is 2.31. The van der Waals surface area contributed by atoms with E-state index in [9.17, 15) is 5.11 Å². The molecule has 0 fully saturated rings. The first-order valence-corrected chi connectivity index (χ1v) is 8.17. The molecular formula is C15H20N5OS-. The molecule has 2 rings (SSSR count). The summed E-state index contributed by atoms with van der Waals surface area (Å²) in [5, 5.41) is 29.5. The smallest absolute Gasteiger partial charge is 0.251 e. The largest absolute Gasteiger partial charge is 0.871 e. The van der Waals surface area contributed by atoms with Crippen LogP contribution in [0.2, 0.25) is 0 Å². The monoisotopic (exact) mass is 318 g/mol. The Morgan fingerprint density at radius 2 is 1.91 bits per heavy atom. The zero-order valence-electron chi connectivity index (χ0n) is 13.3. The molecule has 0 N–H and O–H groups in total. The second-order valence-electron chi connectivity index (χ2n) is 5.10. The third-order valence-electron chi connectivity index (χ3n) is 3.24. The molecule has 7 heteroatoms. The normalized spacial score (nSPS) is 11.5. The molecule has 1 aromatic carbocycles. The van der Waals surface area contributed by atoms with Crippen molar-refractivity contribution in [1.82, 2.24) is 10.2 Å². The minimum Gasteiger partial charge on any atom is -0.871 e. The van der Waals surface area contributed by atoms with Gasteiger partial charge < -0.3 is 10.0 Å². The average Bonchev–Trinajstić information content (AvgIpc) is 2.97. The Bertz CT molecular complexity index is 649. The van der Waals surface area contributed by atoms with E-state index < -0.39 is 0 Å². The summed E-state index contributed by atoms with van der Waals surface area (Å²) in [4.78, 5) is 2.11. The van der Waals surface area contributed by atoms with Gasteiger partial charge in [-0.25, -0.2) is 0 Å². The Morgan fingerprint density at radius 1 is 1.18 bits per heavy atom. The zero-order chi connectivity index (χ0) is 16.1. The molecule has 0 spiro atoms. The van der Waals surface area contributed by atoms with Gasteiger partial charge in [0, 0.05) is 24.7 Å². The number of benzene rings is 1. The second kappa shape index (κ2) is 7.31. The third kappa shape index (κ3) is 3.79. The lowest BCUT2D eigenvalue weighted by atomic mass is 10.2. The van der Waals surface area contributed by atoms with Gasteiger partial charge in [-0.15, -0.1) is 20.4 Å². The van der Waals surface area contributed by atoms with Crippen LogP contribution in [0, 0.1) is 0 Å². The van der Waals surface area contributed by atoms with Gasteiger partial charge in [-0.2, -0.15) is 0 Å². The first kappa shape index (κ1) is 16.4. The van der Waals surface area contributed by atoms with E-state index in [1.807, 2.05) is 19.9 Å². The SMILES string of the molecule is CCN(CC)c1ccc(N=Nc2nnc(C(C)C)s2)c([O-])c1. The Morgan fingerprint density at radius 3 is 2.45 bits per heavy atom. The van der Waals surface area contributed by atoms with Crippen molar-refractivity contribution in [2.24, 2.45) is 10.2 Å². The number of anilines is 1. The van der Waals surface area contributed by atoms with Crippen LogP contribution in [0.25, 0.3) is 0 Å². The summed E-state index contributed by atoms with van der Waals surface area (Å²) in [7, 11) is 0. The van der Waals surface area contributed by atoms with Gasteiger partial charge in [-0.1, -0.05) is 30.9 Å². The third-order valence-corrected chi connectivity index (χ3v) is 4.35. The van der Waals surface area contributed by atoms with Crippen molar-refractivity contribution in [3.63, 3.8) is 0 Å². The minimum absolute atomic E-state index is 0.137. The summed E-state index contributed by atoms with van der Waals surface area (Å²) < 4.78 is 0. The molecule has 0 bridgehead atoms. The van der Waals surface area contributed by atoms with Crippen LogP contribution < -0.4 is 10.0 Å². The second-order valence-corrected chi connectivity index (χ2v) is 6.09. The number of nitrogens with zero attached hydrogens (tertiary/aromatic N) is 5. The molecule has 0 atom stereocenters. The number of azo groups is 1. The predicted octanol–water partition coefficient (Wildman–Crippen LogP) is 4.00. The van der Waals surface area contributed by atoms with Gasteiger partial charge in [0.2, 0.25) is 0 Å². The fourth-order valence-electron chi connectivity index (χ4n) is 1.97. The van der Waals surface area contributed by atoms with Crippen LogP contribution in [0.15, 0.2) is 28.4 Å². The molecule has 6 nitrogen and oxygen atoms in total. The Hall–Kier alpha value is -2.02. The van der Waals surface area contributed by atoms with Crippen LogP contribution >= 0.6 is 11.3 Å². The van der Waals surface area contributed by atoms with E-state index in [-0.39, 0.29) is 5.75 Å². The lowest BCUT2D eigenvalue weighted by Crippen LogP contribution is -2.21. The fraction of sp³-hybridized carbons (Fsp3) is 0.467. The van der Waals surface area contributed by atoms with Crippen LogP contribution in [-0.4, -0.2) is 23.3 Å².